The van der Waals surface area contributed by atoms with Crippen LogP contribution in [0.3, 0.4) is 0 Å². The van der Waals surface area contributed by atoms with Gasteiger partial charge >= 0.3 is 5.97 Å². The van der Waals surface area contributed by atoms with Gasteiger partial charge in [0.1, 0.15) is 0 Å². The molecule has 3 rings (SSSR count). The normalized spacial score (nSPS) is 15.9. The van der Waals surface area contributed by atoms with Crippen LogP contribution in [0.4, 0.5) is 5.69 Å². The molecule has 2 aromatic carbocycles. The number of benzene rings is 2. The molecule has 8 nitrogen and oxygen atoms in total. The molecule has 1 N–H and O–H groups in total. The number of nitrogens with one attached hydrogen (secondary N) is 1. The molecule has 0 radical (unpaired) electrons. The van der Waals surface area contributed by atoms with Gasteiger partial charge in [0.2, 0.25) is 10.0 Å². The maximum atomic E-state index is 12.8. The van der Waals surface area contributed by atoms with Crippen LogP contribution in [0, 0.1) is 0 Å². The predicted octanol–water partition coefficient (Wildman–Crippen LogP) is 2.84. The van der Waals surface area contributed by atoms with E-state index in [2.05, 4.69) is 9.46 Å². The molecule has 10 heteroatoms. The lowest BCUT2D eigenvalue weighted by Crippen LogP contribution is -2.31. The summed E-state index contributed by atoms with van der Waals surface area (Å²) in [6.07, 6.45) is 3.72. The minimum Gasteiger partial charge on any atom is -0.465 e. The van der Waals surface area contributed by atoms with Gasteiger partial charge in [-0.25, -0.2) is 21.6 Å². The summed E-state index contributed by atoms with van der Waals surface area (Å²) >= 11 is 0. The highest BCUT2D eigenvalue weighted by Crippen LogP contribution is 2.23. The van der Waals surface area contributed by atoms with Crippen molar-refractivity contribution in [3.8, 4) is 0 Å². The largest absolute Gasteiger partial charge is 0.465 e. The van der Waals surface area contributed by atoms with E-state index in [1.165, 1.54) is 59.9 Å². The summed E-state index contributed by atoms with van der Waals surface area (Å²) < 4.78 is 59.3. The van der Waals surface area contributed by atoms with Crippen LogP contribution in [0.1, 0.15) is 36.0 Å². The van der Waals surface area contributed by atoms with Gasteiger partial charge in [-0.3, -0.25) is 4.72 Å². The molecule has 0 atom stereocenters. The lowest BCUT2D eigenvalue weighted by atomic mass is 10.2. The van der Waals surface area contributed by atoms with Crippen molar-refractivity contribution in [1.82, 2.24) is 4.31 Å². The number of carbonyl (C=O) groups excluding carboxylic acids is 1. The fourth-order valence-corrected chi connectivity index (χ4v) is 5.80. The van der Waals surface area contributed by atoms with Crippen LogP contribution in [0.5, 0.6) is 0 Å². The Hall–Kier alpha value is -2.43. The zero-order chi connectivity index (χ0) is 21.8. The first-order valence-corrected chi connectivity index (χ1v) is 12.5. The number of hydrogen-bond donors (Lipinski definition) is 1. The van der Waals surface area contributed by atoms with E-state index in [1.54, 1.807) is 0 Å². The van der Waals surface area contributed by atoms with Gasteiger partial charge in [0.15, 0.2) is 0 Å². The summed E-state index contributed by atoms with van der Waals surface area (Å²) in [5.74, 6) is -0.562. The van der Waals surface area contributed by atoms with E-state index in [0.29, 0.717) is 13.1 Å². The van der Waals surface area contributed by atoms with Gasteiger partial charge < -0.3 is 4.74 Å². The molecule has 0 bridgehead atoms. The topological polar surface area (TPSA) is 110 Å². The smallest absolute Gasteiger partial charge is 0.337 e. The molecular formula is C20H24N2O6S2. The fourth-order valence-electron chi connectivity index (χ4n) is 3.23. The molecule has 1 saturated heterocycles. The number of esters is 1. The fraction of sp³-hybridized carbons (Fsp3) is 0.350. The minimum atomic E-state index is -3.90. The van der Waals surface area contributed by atoms with Crippen molar-refractivity contribution >= 4 is 31.7 Å². The van der Waals surface area contributed by atoms with E-state index < -0.39 is 26.0 Å². The maximum absolute atomic E-state index is 12.8. The van der Waals surface area contributed by atoms with Gasteiger partial charge in [-0.05, 0) is 61.4 Å². The van der Waals surface area contributed by atoms with Gasteiger partial charge in [0.25, 0.3) is 10.0 Å². The quantitative estimate of drug-likeness (QED) is 0.675. The number of hydrogen-bond acceptors (Lipinski definition) is 6. The average Bonchev–Trinajstić information content (AvgIpc) is 3.03. The number of anilines is 1. The molecule has 2 aromatic rings. The lowest BCUT2D eigenvalue weighted by molar-refractivity contribution is 0.0600. The van der Waals surface area contributed by atoms with Crippen LogP contribution < -0.4 is 4.72 Å². The highest BCUT2D eigenvalue weighted by atomic mass is 32.2. The zero-order valence-corrected chi connectivity index (χ0v) is 18.2. The first-order chi connectivity index (χ1) is 14.2. The third-order valence-electron chi connectivity index (χ3n) is 4.90. The number of nitrogens with zero attached hydrogens (tertiary/aromatic N) is 1. The standard InChI is InChI=1S/C20H24N2O6S2/c1-28-20(23)16-6-10-18(11-7-16)29(24,25)21-17-8-12-19(13-9-17)30(26,27)22-14-4-2-3-5-15-22/h6-13,21H,2-5,14-15H2,1H3. The van der Waals surface area contributed by atoms with Crippen LogP contribution in [0.15, 0.2) is 58.3 Å². The molecule has 1 heterocycles. The van der Waals surface area contributed by atoms with Gasteiger partial charge in [-0.15, -0.1) is 0 Å². The number of ether oxygens (including phenoxy) is 1. The van der Waals surface area contributed by atoms with Crippen molar-refractivity contribution in [2.45, 2.75) is 35.5 Å². The molecule has 0 aliphatic carbocycles. The Balaban J connectivity index is 1.75. The molecular weight excluding hydrogens is 428 g/mol. The monoisotopic (exact) mass is 452 g/mol. The Labute approximate surface area is 177 Å². The van der Waals surface area contributed by atoms with Crippen molar-refractivity contribution in [2.75, 3.05) is 24.9 Å². The van der Waals surface area contributed by atoms with Crippen LogP contribution in [0.2, 0.25) is 0 Å². The number of carbonyl (C=O) groups is 1. The van der Waals surface area contributed by atoms with Crippen molar-refractivity contribution < 1.29 is 26.4 Å². The van der Waals surface area contributed by atoms with Crippen molar-refractivity contribution in [1.29, 1.82) is 0 Å². The summed E-state index contributed by atoms with van der Waals surface area (Å²) in [6, 6.07) is 11.0. The third-order valence-corrected chi connectivity index (χ3v) is 8.21. The predicted molar refractivity (Wildman–Crippen MR) is 112 cm³/mol. The van der Waals surface area contributed by atoms with E-state index >= 15 is 0 Å². The molecule has 0 saturated carbocycles. The van der Waals surface area contributed by atoms with E-state index in [0.717, 1.165) is 25.7 Å². The Bertz CT molecular complexity index is 1090. The molecule has 0 spiro atoms. The number of methoxy groups -OCH3 is 1. The van der Waals surface area contributed by atoms with Crippen LogP contribution in [-0.4, -0.2) is 47.3 Å². The maximum Gasteiger partial charge on any atom is 0.337 e. The second-order valence-corrected chi connectivity index (χ2v) is 10.6. The average molecular weight is 453 g/mol. The van der Waals surface area contributed by atoms with Crippen molar-refractivity contribution in [3.63, 3.8) is 0 Å². The van der Waals surface area contributed by atoms with Crippen LogP contribution in [-0.2, 0) is 24.8 Å². The van der Waals surface area contributed by atoms with E-state index in [-0.39, 0.29) is 21.0 Å². The van der Waals surface area contributed by atoms with Crippen molar-refractivity contribution in [2.24, 2.45) is 0 Å². The van der Waals surface area contributed by atoms with Gasteiger partial charge in [-0.2, -0.15) is 4.31 Å². The molecule has 0 amide bonds. The molecule has 1 aliphatic heterocycles. The zero-order valence-electron chi connectivity index (χ0n) is 16.6. The SMILES string of the molecule is COC(=O)c1ccc(S(=O)(=O)Nc2ccc(S(=O)(=O)N3CCCCCC3)cc2)cc1. The molecule has 1 aliphatic rings. The van der Waals surface area contributed by atoms with Crippen LogP contribution in [0.25, 0.3) is 0 Å². The summed E-state index contributed by atoms with van der Waals surface area (Å²) in [7, 11) is -6.26. The van der Waals surface area contributed by atoms with Gasteiger partial charge in [0, 0.05) is 18.8 Å². The first kappa shape index (κ1) is 22.3. The molecule has 1 fully saturated rings. The second-order valence-electron chi connectivity index (χ2n) is 6.96. The van der Waals surface area contributed by atoms with E-state index in [4.69, 9.17) is 0 Å². The summed E-state index contributed by atoms with van der Waals surface area (Å²) in [5.41, 5.74) is 0.474. The second kappa shape index (κ2) is 9.15. The Morgan fingerprint density at radius 3 is 1.90 bits per heavy atom. The number of sulfonamides is 2. The summed E-state index contributed by atoms with van der Waals surface area (Å²) in [5, 5.41) is 0. The Kier molecular flexibility index (Phi) is 6.79. The number of rotatable bonds is 6. The molecule has 162 valence electrons. The highest BCUT2D eigenvalue weighted by molar-refractivity contribution is 7.92. The molecule has 30 heavy (non-hydrogen) atoms. The third kappa shape index (κ3) is 5.00. The highest BCUT2D eigenvalue weighted by Gasteiger charge is 2.25. The van der Waals surface area contributed by atoms with Gasteiger partial charge in [-0.1, -0.05) is 12.8 Å². The summed E-state index contributed by atoms with van der Waals surface area (Å²) in [6.45, 7) is 0.997. The van der Waals surface area contributed by atoms with Gasteiger partial charge in [0.05, 0.1) is 22.5 Å². The summed E-state index contributed by atoms with van der Waals surface area (Å²) in [4.78, 5) is 11.6. The van der Waals surface area contributed by atoms with E-state index in [9.17, 15) is 21.6 Å². The Morgan fingerprint density at radius 2 is 1.37 bits per heavy atom. The minimum absolute atomic E-state index is 0.0311. The molecule has 0 aromatic heterocycles. The van der Waals surface area contributed by atoms with Crippen LogP contribution >= 0.6 is 0 Å². The molecule has 0 unspecified atom stereocenters. The Morgan fingerprint density at radius 1 is 0.833 bits per heavy atom. The van der Waals surface area contributed by atoms with E-state index in [1.807, 2.05) is 0 Å². The lowest BCUT2D eigenvalue weighted by Gasteiger charge is -2.20. The van der Waals surface area contributed by atoms with Crippen molar-refractivity contribution in [3.05, 3.63) is 54.1 Å². The first-order valence-electron chi connectivity index (χ1n) is 9.55.